The maximum atomic E-state index is 13.4. The second kappa shape index (κ2) is 4.49. The molecule has 86 valence electrons. The van der Waals surface area contributed by atoms with Crippen LogP contribution in [0.4, 0.5) is 10.1 Å². The smallest absolute Gasteiger partial charge is 0.253 e. The Balaban J connectivity index is 2.25. The summed E-state index contributed by atoms with van der Waals surface area (Å²) in [5.41, 5.74) is 5.57. The maximum Gasteiger partial charge on any atom is 0.253 e. The lowest BCUT2D eigenvalue weighted by molar-refractivity contribution is 0.0997. The van der Waals surface area contributed by atoms with Gasteiger partial charge >= 0.3 is 0 Å². The molecule has 0 radical (unpaired) electrons. The van der Waals surface area contributed by atoms with Crippen LogP contribution in [0.2, 0.25) is 0 Å². The zero-order valence-corrected chi connectivity index (χ0v) is 8.79. The quantitative estimate of drug-likeness (QED) is 0.706. The van der Waals surface area contributed by atoms with Gasteiger partial charge in [0, 0.05) is 12.6 Å². The molecule has 0 spiro atoms. The lowest BCUT2D eigenvalue weighted by atomic mass is 10.1. The number of nitrogens with one attached hydrogen (secondary N) is 2. The Labute approximate surface area is 93.0 Å². The number of rotatable bonds is 3. The van der Waals surface area contributed by atoms with E-state index in [1.54, 1.807) is 12.1 Å². The predicted molar refractivity (Wildman–Crippen MR) is 59.8 cm³/mol. The van der Waals surface area contributed by atoms with Crippen LogP contribution in [0.5, 0.6) is 0 Å². The first-order valence-electron chi connectivity index (χ1n) is 5.24. The second-order valence-corrected chi connectivity index (χ2v) is 3.86. The molecule has 4 N–H and O–H groups in total. The van der Waals surface area contributed by atoms with E-state index in [2.05, 4.69) is 10.6 Å². The van der Waals surface area contributed by atoms with Crippen molar-refractivity contribution < 1.29 is 9.18 Å². The number of carbonyl (C=O) groups excluding carboxylic acids is 1. The van der Waals surface area contributed by atoms with E-state index < -0.39 is 11.7 Å². The number of benzene rings is 1. The molecule has 1 saturated heterocycles. The van der Waals surface area contributed by atoms with Crippen LogP contribution in [0.15, 0.2) is 18.2 Å². The Morgan fingerprint density at radius 3 is 3.00 bits per heavy atom. The molecule has 1 fully saturated rings. The van der Waals surface area contributed by atoms with Crippen molar-refractivity contribution in [3.63, 3.8) is 0 Å². The molecule has 0 aromatic heterocycles. The van der Waals surface area contributed by atoms with Gasteiger partial charge in [0.15, 0.2) is 0 Å². The summed E-state index contributed by atoms with van der Waals surface area (Å²) in [5.74, 6) is -1.32. The molecular weight excluding hydrogens is 209 g/mol. The zero-order valence-electron chi connectivity index (χ0n) is 8.79. The van der Waals surface area contributed by atoms with Crippen LogP contribution in [0.25, 0.3) is 0 Å². The van der Waals surface area contributed by atoms with E-state index in [0.29, 0.717) is 5.69 Å². The summed E-state index contributed by atoms with van der Waals surface area (Å²) in [5, 5.41) is 6.31. The molecule has 1 heterocycles. The molecule has 1 aromatic carbocycles. The monoisotopic (exact) mass is 223 g/mol. The van der Waals surface area contributed by atoms with Gasteiger partial charge in [-0.15, -0.1) is 0 Å². The van der Waals surface area contributed by atoms with Crippen molar-refractivity contribution in [1.82, 2.24) is 5.32 Å². The zero-order chi connectivity index (χ0) is 11.5. The Bertz CT molecular complexity index is 402. The summed E-state index contributed by atoms with van der Waals surface area (Å²) in [6, 6.07) is 4.69. The highest BCUT2D eigenvalue weighted by Gasteiger charge is 2.18. The van der Waals surface area contributed by atoms with Crippen molar-refractivity contribution in [2.45, 2.75) is 12.5 Å². The van der Waals surface area contributed by atoms with Gasteiger partial charge in [0.05, 0.1) is 11.3 Å². The summed E-state index contributed by atoms with van der Waals surface area (Å²) >= 11 is 0. The number of amides is 1. The molecule has 16 heavy (non-hydrogen) atoms. The third-order valence-corrected chi connectivity index (χ3v) is 2.68. The molecule has 2 rings (SSSR count). The molecule has 4 nitrogen and oxygen atoms in total. The topological polar surface area (TPSA) is 67.2 Å². The summed E-state index contributed by atoms with van der Waals surface area (Å²) in [4.78, 5) is 11.1. The number of hydrogen-bond acceptors (Lipinski definition) is 3. The number of primary amides is 1. The first kappa shape index (κ1) is 10.9. The van der Waals surface area contributed by atoms with Crippen LogP contribution < -0.4 is 16.4 Å². The lowest BCUT2D eigenvalue weighted by Crippen LogP contribution is -2.25. The molecule has 0 saturated carbocycles. The average Bonchev–Trinajstić information content (AvgIpc) is 2.70. The van der Waals surface area contributed by atoms with Crippen molar-refractivity contribution >= 4 is 11.6 Å². The van der Waals surface area contributed by atoms with Gasteiger partial charge in [0.25, 0.3) is 5.91 Å². The fourth-order valence-electron chi connectivity index (χ4n) is 1.89. The fraction of sp³-hybridized carbons (Fsp3) is 0.364. The number of nitrogens with two attached hydrogens (primary N) is 1. The van der Waals surface area contributed by atoms with Gasteiger partial charge in [-0.3, -0.25) is 4.79 Å². The standard InChI is InChI=1S/C11H14FN3O/c12-8-2-1-3-9(10(8)11(13)16)15-7-4-5-14-6-7/h1-3,7,14-15H,4-6H2,(H2,13,16). The van der Waals surface area contributed by atoms with Gasteiger partial charge in [-0.05, 0) is 25.1 Å². The maximum absolute atomic E-state index is 13.4. The van der Waals surface area contributed by atoms with Crippen molar-refractivity contribution in [3.8, 4) is 0 Å². The number of anilines is 1. The molecule has 1 aliphatic heterocycles. The van der Waals surface area contributed by atoms with Crippen LogP contribution in [0.1, 0.15) is 16.8 Å². The molecule has 1 aliphatic rings. The molecular formula is C11H14FN3O. The third-order valence-electron chi connectivity index (χ3n) is 2.68. The Morgan fingerprint density at radius 2 is 2.38 bits per heavy atom. The van der Waals surface area contributed by atoms with E-state index >= 15 is 0 Å². The minimum atomic E-state index is -0.744. The van der Waals surface area contributed by atoms with Crippen LogP contribution in [-0.2, 0) is 0 Å². The molecule has 0 aliphatic carbocycles. The van der Waals surface area contributed by atoms with E-state index in [0.717, 1.165) is 19.5 Å². The van der Waals surface area contributed by atoms with Gasteiger partial charge < -0.3 is 16.4 Å². The van der Waals surface area contributed by atoms with Crippen molar-refractivity contribution in [2.24, 2.45) is 5.73 Å². The first-order valence-corrected chi connectivity index (χ1v) is 5.24. The molecule has 1 amide bonds. The highest BCUT2D eigenvalue weighted by Crippen LogP contribution is 2.20. The van der Waals surface area contributed by atoms with Crippen molar-refractivity contribution in [3.05, 3.63) is 29.6 Å². The van der Waals surface area contributed by atoms with Crippen molar-refractivity contribution in [2.75, 3.05) is 18.4 Å². The van der Waals surface area contributed by atoms with E-state index in [4.69, 9.17) is 5.73 Å². The predicted octanol–water partition coefficient (Wildman–Crippen LogP) is 0.698. The van der Waals surface area contributed by atoms with Crippen LogP contribution >= 0.6 is 0 Å². The van der Waals surface area contributed by atoms with Gasteiger partial charge in [-0.1, -0.05) is 6.07 Å². The molecule has 1 unspecified atom stereocenters. The lowest BCUT2D eigenvalue weighted by Gasteiger charge is -2.15. The average molecular weight is 223 g/mol. The highest BCUT2D eigenvalue weighted by atomic mass is 19.1. The molecule has 0 bridgehead atoms. The highest BCUT2D eigenvalue weighted by molar-refractivity contribution is 5.98. The van der Waals surface area contributed by atoms with E-state index in [1.807, 2.05) is 0 Å². The van der Waals surface area contributed by atoms with Gasteiger partial charge in [0.1, 0.15) is 5.82 Å². The van der Waals surface area contributed by atoms with Gasteiger partial charge in [-0.25, -0.2) is 4.39 Å². The number of carbonyl (C=O) groups is 1. The molecule has 5 heteroatoms. The van der Waals surface area contributed by atoms with E-state index in [1.165, 1.54) is 6.07 Å². The summed E-state index contributed by atoms with van der Waals surface area (Å²) < 4.78 is 13.4. The van der Waals surface area contributed by atoms with E-state index in [9.17, 15) is 9.18 Å². The minimum absolute atomic E-state index is 0.0607. The van der Waals surface area contributed by atoms with Crippen LogP contribution in [0, 0.1) is 5.82 Å². The largest absolute Gasteiger partial charge is 0.380 e. The summed E-state index contributed by atoms with van der Waals surface area (Å²) in [6.07, 6.45) is 0.953. The van der Waals surface area contributed by atoms with Gasteiger partial charge in [-0.2, -0.15) is 0 Å². The summed E-state index contributed by atoms with van der Waals surface area (Å²) in [6.45, 7) is 1.74. The number of halogens is 1. The van der Waals surface area contributed by atoms with E-state index in [-0.39, 0.29) is 11.6 Å². The van der Waals surface area contributed by atoms with Crippen molar-refractivity contribution in [1.29, 1.82) is 0 Å². The Kier molecular flexibility index (Phi) is 3.05. The third kappa shape index (κ3) is 2.14. The first-order chi connectivity index (χ1) is 7.68. The van der Waals surface area contributed by atoms with Gasteiger partial charge in [0.2, 0.25) is 0 Å². The molecule has 1 atom stereocenters. The second-order valence-electron chi connectivity index (χ2n) is 3.86. The number of hydrogen-bond donors (Lipinski definition) is 3. The normalized spacial score (nSPS) is 19.7. The fourth-order valence-corrected chi connectivity index (χ4v) is 1.89. The SMILES string of the molecule is NC(=O)c1c(F)cccc1NC1CCNC1. The minimum Gasteiger partial charge on any atom is -0.380 e. The Morgan fingerprint density at radius 1 is 1.56 bits per heavy atom. The van der Waals surface area contributed by atoms with Crippen LogP contribution in [0.3, 0.4) is 0 Å². The Hall–Kier alpha value is -1.62. The van der Waals surface area contributed by atoms with Crippen LogP contribution in [-0.4, -0.2) is 25.0 Å². The molecule has 1 aromatic rings. The summed E-state index contributed by atoms with van der Waals surface area (Å²) in [7, 11) is 0.